The predicted octanol–water partition coefficient (Wildman–Crippen LogP) is 2.07. The molecule has 0 aliphatic rings. The smallest absolute Gasteiger partial charge is 0.271 e. The fraction of sp³-hybridized carbons (Fsp3) is 0.235. The molecule has 0 atom stereocenters. The normalized spacial score (nSPS) is 11.2. The number of ether oxygens (including phenoxy) is 1. The maximum absolute atomic E-state index is 12.3. The lowest BCUT2D eigenvalue weighted by Crippen LogP contribution is -2.23. The standard InChI is InChI=1S/C17H18N2O6S/c1-25-11-13-5-3-12(4-6-13)10-18-17(20)14-7-15(19(21)22)9-16(8-14)26(2,23)24/h3-9H,10-11H2,1-2H3,(H,18,20). The summed E-state index contributed by atoms with van der Waals surface area (Å²) in [5, 5.41) is 13.6. The van der Waals surface area contributed by atoms with Crippen LogP contribution in [0.3, 0.4) is 0 Å². The molecule has 2 aromatic rings. The van der Waals surface area contributed by atoms with Gasteiger partial charge in [-0.3, -0.25) is 14.9 Å². The monoisotopic (exact) mass is 378 g/mol. The minimum Gasteiger partial charge on any atom is -0.380 e. The summed E-state index contributed by atoms with van der Waals surface area (Å²) in [6.45, 7) is 0.678. The predicted molar refractivity (Wildman–Crippen MR) is 94.5 cm³/mol. The Kier molecular flexibility index (Phi) is 6.06. The van der Waals surface area contributed by atoms with Gasteiger partial charge in [0.25, 0.3) is 11.6 Å². The molecule has 0 bridgehead atoms. The van der Waals surface area contributed by atoms with Crippen LogP contribution >= 0.6 is 0 Å². The Morgan fingerprint density at radius 3 is 2.31 bits per heavy atom. The molecule has 0 spiro atoms. The van der Waals surface area contributed by atoms with Crippen molar-refractivity contribution in [1.29, 1.82) is 0 Å². The molecular weight excluding hydrogens is 360 g/mol. The highest BCUT2D eigenvalue weighted by Crippen LogP contribution is 2.21. The molecule has 8 nitrogen and oxygen atoms in total. The Balaban J connectivity index is 2.18. The molecule has 0 aliphatic carbocycles. The second-order valence-electron chi connectivity index (χ2n) is 5.68. The average molecular weight is 378 g/mol. The lowest BCUT2D eigenvalue weighted by Gasteiger charge is -2.08. The van der Waals surface area contributed by atoms with Crippen LogP contribution in [0.25, 0.3) is 0 Å². The van der Waals surface area contributed by atoms with Crippen molar-refractivity contribution in [2.75, 3.05) is 13.4 Å². The van der Waals surface area contributed by atoms with E-state index in [1.165, 1.54) is 0 Å². The van der Waals surface area contributed by atoms with Gasteiger partial charge < -0.3 is 10.1 Å². The van der Waals surface area contributed by atoms with Gasteiger partial charge >= 0.3 is 0 Å². The van der Waals surface area contributed by atoms with Crippen molar-refractivity contribution in [2.24, 2.45) is 0 Å². The van der Waals surface area contributed by atoms with E-state index >= 15 is 0 Å². The fourth-order valence-corrected chi connectivity index (χ4v) is 2.91. The summed E-state index contributed by atoms with van der Waals surface area (Å²) in [5.41, 5.74) is 1.27. The van der Waals surface area contributed by atoms with Crippen molar-refractivity contribution in [1.82, 2.24) is 5.32 Å². The van der Waals surface area contributed by atoms with Gasteiger partial charge in [-0.2, -0.15) is 0 Å². The number of rotatable bonds is 7. The molecule has 0 aromatic heterocycles. The number of nitrogens with zero attached hydrogens (tertiary/aromatic N) is 1. The molecule has 0 saturated carbocycles. The van der Waals surface area contributed by atoms with Crippen LogP contribution in [0.15, 0.2) is 47.4 Å². The van der Waals surface area contributed by atoms with Crippen molar-refractivity contribution in [2.45, 2.75) is 18.0 Å². The van der Waals surface area contributed by atoms with Crippen molar-refractivity contribution in [3.05, 3.63) is 69.3 Å². The second-order valence-corrected chi connectivity index (χ2v) is 7.69. The van der Waals surface area contributed by atoms with Gasteiger partial charge in [-0.1, -0.05) is 24.3 Å². The quantitative estimate of drug-likeness (QED) is 0.582. The minimum atomic E-state index is -3.69. The maximum atomic E-state index is 12.3. The average Bonchev–Trinajstić information content (AvgIpc) is 2.60. The van der Waals surface area contributed by atoms with Crippen LogP contribution in [0.4, 0.5) is 5.69 Å². The number of nitro benzene ring substituents is 1. The number of methoxy groups -OCH3 is 1. The molecule has 0 aliphatic heterocycles. The zero-order valence-electron chi connectivity index (χ0n) is 14.3. The molecule has 2 rings (SSSR count). The molecule has 26 heavy (non-hydrogen) atoms. The van der Waals surface area contributed by atoms with E-state index in [9.17, 15) is 23.3 Å². The Labute approximate surface area is 150 Å². The molecule has 0 heterocycles. The van der Waals surface area contributed by atoms with Gasteiger partial charge in [-0.25, -0.2) is 8.42 Å². The van der Waals surface area contributed by atoms with Crippen molar-refractivity contribution < 1.29 is 22.9 Å². The van der Waals surface area contributed by atoms with E-state index in [0.717, 1.165) is 35.6 Å². The van der Waals surface area contributed by atoms with E-state index in [1.54, 1.807) is 7.11 Å². The van der Waals surface area contributed by atoms with Gasteiger partial charge in [0.1, 0.15) is 0 Å². The van der Waals surface area contributed by atoms with E-state index in [-0.39, 0.29) is 17.0 Å². The zero-order chi connectivity index (χ0) is 19.3. The number of carbonyl (C=O) groups excluding carboxylic acids is 1. The van der Waals surface area contributed by atoms with Gasteiger partial charge in [0.2, 0.25) is 0 Å². The third-order valence-corrected chi connectivity index (χ3v) is 4.67. The lowest BCUT2D eigenvalue weighted by molar-refractivity contribution is -0.385. The molecule has 138 valence electrons. The number of sulfone groups is 1. The van der Waals surface area contributed by atoms with Gasteiger partial charge in [0, 0.05) is 37.6 Å². The summed E-state index contributed by atoms with van der Waals surface area (Å²) in [7, 11) is -2.09. The Bertz CT molecular complexity index is 923. The molecule has 9 heteroatoms. The van der Waals surface area contributed by atoms with Gasteiger partial charge in [-0.15, -0.1) is 0 Å². The van der Waals surface area contributed by atoms with Crippen molar-refractivity contribution in [3.8, 4) is 0 Å². The first-order valence-corrected chi connectivity index (χ1v) is 9.44. The van der Waals surface area contributed by atoms with Crippen LogP contribution in [-0.4, -0.2) is 32.6 Å². The Morgan fingerprint density at radius 1 is 1.15 bits per heavy atom. The lowest BCUT2D eigenvalue weighted by atomic mass is 10.1. The van der Waals surface area contributed by atoms with Gasteiger partial charge in [-0.05, 0) is 17.2 Å². The molecule has 0 fully saturated rings. The number of amides is 1. The first-order chi connectivity index (χ1) is 12.2. The SMILES string of the molecule is COCc1ccc(CNC(=O)c2cc([N+](=O)[O-])cc(S(C)(=O)=O)c2)cc1. The molecule has 1 N–H and O–H groups in total. The molecule has 0 unspecified atom stereocenters. The van der Waals surface area contributed by atoms with E-state index in [4.69, 9.17) is 4.74 Å². The number of non-ortho nitro benzene ring substituents is 1. The van der Waals surface area contributed by atoms with Gasteiger partial charge in [0.05, 0.1) is 16.4 Å². The van der Waals surface area contributed by atoms with E-state index in [1.807, 2.05) is 24.3 Å². The second kappa shape index (κ2) is 8.07. The first kappa shape index (κ1) is 19.5. The summed E-state index contributed by atoms with van der Waals surface area (Å²) < 4.78 is 28.4. The summed E-state index contributed by atoms with van der Waals surface area (Å²) in [6, 6.07) is 10.5. The number of nitrogens with one attached hydrogen (secondary N) is 1. The molecular formula is C17H18N2O6S. The van der Waals surface area contributed by atoms with Crippen molar-refractivity contribution in [3.63, 3.8) is 0 Å². The summed E-state index contributed by atoms with van der Waals surface area (Å²) >= 11 is 0. The number of nitro groups is 1. The minimum absolute atomic E-state index is 0.0874. The van der Waals surface area contributed by atoms with Crippen LogP contribution in [0, 0.1) is 10.1 Å². The number of carbonyl (C=O) groups is 1. The highest BCUT2D eigenvalue weighted by molar-refractivity contribution is 7.90. The topological polar surface area (TPSA) is 116 Å². The number of benzene rings is 2. The highest BCUT2D eigenvalue weighted by Gasteiger charge is 2.19. The molecule has 1 amide bonds. The van der Waals surface area contributed by atoms with Crippen molar-refractivity contribution >= 4 is 21.4 Å². The third kappa shape index (κ3) is 5.11. The highest BCUT2D eigenvalue weighted by atomic mass is 32.2. The number of hydrogen-bond donors (Lipinski definition) is 1. The summed E-state index contributed by atoms with van der Waals surface area (Å²) in [6.07, 6.45) is 0.926. The van der Waals surface area contributed by atoms with Crippen LogP contribution in [0.1, 0.15) is 21.5 Å². The molecule has 0 radical (unpaired) electrons. The Hall–Kier alpha value is -2.78. The Morgan fingerprint density at radius 2 is 1.77 bits per heavy atom. The van der Waals surface area contributed by atoms with Crippen LogP contribution in [-0.2, 0) is 27.7 Å². The summed E-state index contributed by atoms with van der Waals surface area (Å²) in [4.78, 5) is 22.3. The maximum Gasteiger partial charge on any atom is 0.271 e. The zero-order valence-corrected chi connectivity index (χ0v) is 15.1. The fourth-order valence-electron chi connectivity index (χ4n) is 2.24. The summed E-state index contributed by atoms with van der Waals surface area (Å²) in [5.74, 6) is -0.598. The number of hydrogen-bond acceptors (Lipinski definition) is 6. The third-order valence-electron chi connectivity index (χ3n) is 3.58. The molecule has 2 aromatic carbocycles. The van der Waals surface area contributed by atoms with E-state index < -0.39 is 26.4 Å². The van der Waals surface area contributed by atoms with E-state index in [0.29, 0.717) is 6.61 Å². The van der Waals surface area contributed by atoms with Gasteiger partial charge in [0.15, 0.2) is 9.84 Å². The first-order valence-electron chi connectivity index (χ1n) is 7.55. The van der Waals surface area contributed by atoms with E-state index in [2.05, 4.69) is 5.32 Å². The van der Waals surface area contributed by atoms with Crippen LogP contribution in [0.5, 0.6) is 0 Å². The largest absolute Gasteiger partial charge is 0.380 e. The molecule has 0 saturated heterocycles. The van der Waals surface area contributed by atoms with Crippen LogP contribution in [0.2, 0.25) is 0 Å². The van der Waals surface area contributed by atoms with Crippen LogP contribution < -0.4 is 5.32 Å².